The fourth-order valence-electron chi connectivity index (χ4n) is 1.65. The lowest BCUT2D eigenvalue weighted by molar-refractivity contribution is -0.146. The van der Waals surface area contributed by atoms with Gasteiger partial charge in [-0.3, -0.25) is 4.79 Å². The van der Waals surface area contributed by atoms with Crippen molar-refractivity contribution in [3.05, 3.63) is 23.8 Å². The second-order valence-electron chi connectivity index (χ2n) is 4.13. The molecule has 3 N–H and O–H groups in total. The van der Waals surface area contributed by atoms with E-state index in [1.807, 2.05) is 0 Å². The van der Waals surface area contributed by atoms with Crippen molar-refractivity contribution in [2.45, 2.75) is 19.4 Å². The molecule has 0 radical (unpaired) electrons. The summed E-state index contributed by atoms with van der Waals surface area (Å²) in [5.74, 6) is -1.34. The molecule has 1 atom stereocenters. The fourth-order valence-corrected chi connectivity index (χ4v) is 1.65. The second kappa shape index (κ2) is 5.61. The summed E-state index contributed by atoms with van der Waals surface area (Å²) in [4.78, 5) is 30.2. The highest BCUT2D eigenvalue weighted by molar-refractivity contribution is 5.95. The first-order valence-corrected chi connectivity index (χ1v) is 5.85. The molecule has 2 rings (SSSR count). The van der Waals surface area contributed by atoms with Gasteiger partial charge in [0.05, 0.1) is 11.3 Å². The number of fused-ring (bicyclic) bond motifs is 1. The van der Waals surface area contributed by atoms with Crippen molar-refractivity contribution in [2.75, 3.05) is 6.54 Å². The Bertz CT molecular complexity index is 653. The number of carboxylic acid groups (broad SMARTS) is 1. The SMILES string of the molecule is Cc1c(C(=O)NCC[C@H](O)C(=O)O)cnc2ncnn12. The topological polar surface area (TPSA) is 130 Å². The number of nitrogens with zero attached hydrogens (tertiary/aromatic N) is 4. The van der Waals surface area contributed by atoms with E-state index in [0.29, 0.717) is 17.0 Å². The van der Waals surface area contributed by atoms with Crippen LogP contribution in [0, 0.1) is 6.92 Å². The number of hydrogen-bond donors (Lipinski definition) is 3. The minimum Gasteiger partial charge on any atom is -0.479 e. The van der Waals surface area contributed by atoms with Crippen LogP contribution in [-0.4, -0.2) is 54.3 Å². The van der Waals surface area contributed by atoms with Crippen LogP contribution in [0.15, 0.2) is 12.5 Å². The van der Waals surface area contributed by atoms with Crippen LogP contribution in [0.1, 0.15) is 22.5 Å². The van der Waals surface area contributed by atoms with Crippen LogP contribution in [0.5, 0.6) is 0 Å². The zero-order valence-electron chi connectivity index (χ0n) is 10.6. The van der Waals surface area contributed by atoms with Crippen LogP contribution < -0.4 is 5.32 Å². The molecule has 0 aliphatic rings. The van der Waals surface area contributed by atoms with Gasteiger partial charge < -0.3 is 15.5 Å². The molecule has 0 fully saturated rings. The second-order valence-corrected chi connectivity index (χ2v) is 4.13. The molecule has 0 aliphatic heterocycles. The summed E-state index contributed by atoms with van der Waals surface area (Å²) < 4.78 is 1.43. The summed E-state index contributed by atoms with van der Waals surface area (Å²) >= 11 is 0. The molecule has 0 aliphatic carbocycles. The van der Waals surface area contributed by atoms with Gasteiger partial charge in [0.2, 0.25) is 0 Å². The summed E-state index contributed by atoms with van der Waals surface area (Å²) in [7, 11) is 0. The fraction of sp³-hybridized carbons (Fsp3) is 0.364. The van der Waals surface area contributed by atoms with E-state index in [-0.39, 0.29) is 13.0 Å². The van der Waals surface area contributed by atoms with Crippen molar-refractivity contribution >= 4 is 17.7 Å². The van der Waals surface area contributed by atoms with E-state index in [1.165, 1.54) is 17.0 Å². The summed E-state index contributed by atoms with van der Waals surface area (Å²) in [5.41, 5.74) is 0.886. The Labute approximate surface area is 113 Å². The van der Waals surface area contributed by atoms with E-state index in [9.17, 15) is 9.59 Å². The lowest BCUT2D eigenvalue weighted by atomic mass is 10.2. The summed E-state index contributed by atoms with van der Waals surface area (Å²) in [5, 5.41) is 24.1. The van der Waals surface area contributed by atoms with E-state index in [1.54, 1.807) is 6.92 Å². The molecule has 2 aromatic heterocycles. The third-order valence-corrected chi connectivity index (χ3v) is 2.78. The molecule has 0 saturated heterocycles. The molecule has 9 heteroatoms. The van der Waals surface area contributed by atoms with Crippen molar-refractivity contribution in [3.63, 3.8) is 0 Å². The number of nitrogens with one attached hydrogen (secondary N) is 1. The number of hydrogen-bond acceptors (Lipinski definition) is 6. The van der Waals surface area contributed by atoms with Gasteiger partial charge in [-0.2, -0.15) is 10.1 Å². The molecule has 0 aromatic carbocycles. The van der Waals surface area contributed by atoms with Gasteiger partial charge in [-0.25, -0.2) is 14.3 Å². The molecule has 20 heavy (non-hydrogen) atoms. The number of aromatic nitrogens is 4. The lowest BCUT2D eigenvalue weighted by Crippen LogP contribution is -2.30. The highest BCUT2D eigenvalue weighted by Crippen LogP contribution is 2.07. The van der Waals surface area contributed by atoms with Gasteiger partial charge in [0.15, 0.2) is 6.10 Å². The number of carbonyl (C=O) groups excluding carboxylic acids is 1. The molecule has 0 spiro atoms. The molecule has 1 amide bonds. The van der Waals surface area contributed by atoms with E-state index in [4.69, 9.17) is 10.2 Å². The average Bonchev–Trinajstić information content (AvgIpc) is 2.87. The highest BCUT2D eigenvalue weighted by Gasteiger charge is 2.16. The number of aryl methyl sites for hydroxylation is 1. The molecular weight excluding hydrogens is 266 g/mol. The van der Waals surface area contributed by atoms with E-state index < -0.39 is 18.0 Å². The van der Waals surface area contributed by atoms with Gasteiger partial charge in [0.25, 0.3) is 11.7 Å². The Morgan fingerprint density at radius 3 is 2.90 bits per heavy atom. The smallest absolute Gasteiger partial charge is 0.332 e. The quantitative estimate of drug-likeness (QED) is 0.639. The summed E-state index contributed by atoms with van der Waals surface area (Å²) in [6.45, 7) is 1.74. The van der Waals surface area contributed by atoms with Crippen LogP contribution >= 0.6 is 0 Å². The van der Waals surface area contributed by atoms with Crippen molar-refractivity contribution < 1.29 is 19.8 Å². The molecule has 0 saturated carbocycles. The Hall–Kier alpha value is -2.55. The number of amides is 1. The number of aliphatic hydroxyl groups excluding tert-OH is 1. The largest absolute Gasteiger partial charge is 0.479 e. The first-order valence-electron chi connectivity index (χ1n) is 5.85. The maximum Gasteiger partial charge on any atom is 0.332 e. The standard InChI is InChI=1S/C11H13N5O4/c1-6-7(4-13-11-14-5-15-16(6)11)9(18)12-3-2-8(17)10(19)20/h4-5,8,17H,2-3H2,1H3,(H,12,18)(H,19,20)/t8-/m0/s1. The maximum atomic E-state index is 11.9. The van der Waals surface area contributed by atoms with Crippen molar-refractivity contribution in [1.82, 2.24) is 24.9 Å². The van der Waals surface area contributed by atoms with Crippen LogP contribution in [0.3, 0.4) is 0 Å². The van der Waals surface area contributed by atoms with Crippen molar-refractivity contribution in [2.24, 2.45) is 0 Å². The van der Waals surface area contributed by atoms with Gasteiger partial charge in [0.1, 0.15) is 6.33 Å². The minimum atomic E-state index is -1.49. The van der Waals surface area contributed by atoms with E-state index in [2.05, 4.69) is 20.4 Å². The Morgan fingerprint density at radius 1 is 1.45 bits per heavy atom. The zero-order valence-corrected chi connectivity index (χ0v) is 10.6. The third-order valence-electron chi connectivity index (χ3n) is 2.78. The highest BCUT2D eigenvalue weighted by atomic mass is 16.4. The van der Waals surface area contributed by atoms with Crippen LogP contribution in [-0.2, 0) is 4.79 Å². The number of rotatable bonds is 5. The maximum absolute atomic E-state index is 11.9. The third kappa shape index (κ3) is 2.72. The minimum absolute atomic E-state index is 0.0428. The summed E-state index contributed by atoms with van der Waals surface area (Å²) in [6, 6.07) is 0. The molecule has 106 valence electrons. The Morgan fingerprint density at radius 2 is 2.20 bits per heavy atom. The summed E-state index contributed by atoms with van der Waals surface area (Å²) in [6.07, 6.45) is 1.15. The molecular formula is C11H13N5O4. The van der Waals surface area contributed by atoms with Crippen molar-refractivity contribution in [3.8, 4) is 0 Å². The predicted molar refractivity (Wildman–Crippen MR) is 66.1 cm³/mol. The monoisotopic (exact) mass is 279 g/mol. The van der Waals surface area contributed by atoms with Crippen LogP contribution in [0.25, 0.3) is 5.78 Å². The van der Waals surface area contributed by atoms with Gasteiger partial charge in [-0.15, -0.1) is 0 Å². The number of aliphatic carboxylic acids is 1. The number of aliphatic hydroxyl groups is 1. The lowest BCUT2D eigenvalue weighted by Gasteiger charge is -2.09. The van der Waals surface area contributed by atoms with E-state index in [0.717, 1.165) is 0 Å². The van der Waals surface area contributed by atoms with E-state index >= 15 is 0 Å². The zero-order chi connectivity index (χ0) is 14.7. The molecule has 0 unspecified atom stereocenters. The number of carboxylic acids is 1. The Kier molecular flexibility index (Phi) is 3.89. The number of carbonyl (C=O) groups is 2. The Balaban J connectivity index is 2.04. The first kappa shape index (κ1) is 13.9. The van der Waals surface area contributed by atoms with Gasteiger partial charge in [-0.05, 0) is 6.92 Å². The van der Waals surface area contributed by atoms with Crippen LogP contribution in [0.2, 0.25) is 0 Å². The van der Waals surface area contributed by atoms with Gasteiger partial charge in [-0.1, -0.05) is 0 Å². The average molecular weight is 279 g/mol. The van der Waals surface area contributed by atoms with Gasteiger partial charge >= 0.3 is 5.97 Å². The normalized spacial score (nSPS) is 12.3. The first-order chi connectivity index (χ1) is 9.50. The molecule has 9 nitrogen and oxygen atoms in total. The van der Waals surface area contributed by atoms with Crippen LogP contribution in [0.4, 0.5) is 0 Å². The van der Waals surface area contributed by atoms with Crippen molar-refractivity contribution in [1.29, 1.82) is 0 Å². The molecule has 2 heterocycles. The molecule has 0 bridgehead atoms. The van der Waals surface area contributed by atoms with Gasteiger partial charge in [0, 0.05) is 19.2 Å². The molecule has 2 aromatic rings. The predicted octanol–water partition coefficient (Wildman–Crippen LogP) is -1.00.